The highest BCUT2D eigenvalue weighted by molar-refractivity contribution is 7.09. The van der Waals surface area contributed by atoms with E-state index in [-0.39, 0.29) is 12.4 Å². The van der Waals surface area contributed by atoms with Crippen LogP contribution in [0.25, 0.3) is 0 Å². The minimum Gasteiger partial charge on any atom is -0.317 e. The van der Waals surface area contributed by atoms with Gasteiger partial charge in [-0.2, -0.15) is 0 Å². The molecule has 136 valence electrons. The van der Waals surface area contributed by atoms with Gasteiger partial charge in [-0.05, 0) is 76.7 Å². The van der Waals surface area contributed by atoms with Crippen LogP contribution in [0.2, 0.25) is 0 Å². The zero-order chi connectivity index (χ0) is 15.7. The van der Waals surface area contributed by atoms with Crippen LogP contribution >= 0.6 is 23.7 Å². The summed E-state index contributed by atoms with van der Waals surface area (Å²) in [6, 6.07) is 0.799. The number of hydrogen-bond donors (Lipinski definition) is 1. The fourth-order valence-electron chi connectivity index (χ4n) is 4.75. The van der Waals surface area contributed by atoms with Crippen LogP contribution in [0, 0.1) is 11.3 Å². The molecule has 1 unspecified atom stereocenters. The summed E-state index contributed by atoms with van der Waals surface area (Å²) in [7, 11) is 2.29. The minimum atomic E-state index is 0. The molecule has 1 N–H and O–H groups in total. The van der Waals surface area contributed by atoms with E-state index in [1.54, 1.807) is 11.3 Å². The van der Waals surface area contributed by atoms with E-state index < -0.39 is 0 Å². The lowest BCUT2D eigenvalue weighted by molar-refractivity contribution is 0.122. The minimum absolute atomic E-state index is 0. The van der Waals surface area contributed by atoms with E-state index in [9.17, 15) is 0 Å². The third-order valence-corrected chi connectivity index (χ3v) is 7.14. The van der Waals surface area contributed by atoms with Crippen LogP contribution in [0.4, 0.5) is 0 Å². The first kappa shape index (κ1) is 18.6. The number of aromatic nitrogens is 1. The van der Waals surface area contributed by atoms with Crippen molar-refractivity contribution in [3.63, 3.8) is 0 Å². The normalized spacial score (nSPS) is 27.3. The van der Waals surface area contributed by atoms with Crippen molar-refractivity contribution in [3.05, 3.63) is 16.6 Å². The van der Waals surface area contributed by atoms with Gasteiger partial charge < -0.3 is 10.2 Å². The second-order valence-electron chi connectivity index (χ2n) is 7.92. The summed E-state index contributed by atoms with van der Waals surface area (Å²) < 4.78 is 0. The van der Waals surface area contributed by atoms with Gasteiger partial charge in [-0.1, -0.05) is 0 Å². The Hall–Kier alpha value is -0.200. The fourth-order valence-corrected chi connectivity index (χ4v) is 5.43. The maximum Gasteiger partial charge on any atom is 0.107 e. The number of nitrogens with one attached hydrogen (secondary N) is 1. The van der Waals surface area contributed by atoms with Crippen molar-refractivity contribution in [2.45, 2.75) is 44.7 Å². The molecule has 24 heavy (non-hydrogen) atoms. The number of nitrogens with zero attached hydrogens (tertiary/aromatic N) is 3. The fraction of sp³-hybridized carbons (Fsp3) is 0.833. The van der Waals surface area contributed by atoms with Crippen LogP contribution in [-0.2, 0) is 6.54 Å². The first-order valence-electron chi connectivity index (χ1n) is 9.27. The largest absolute Gasteiger partial charge is 0.317 e. The van der Waals surface area contributed by atoms with Crippen LogP contribution in [0.5, 0.6) is 0 Å². The Morgan fingerprint density at radius 1 is 1.33 bits per heavy atom. The molecule has 6 heteroatoms. The molecule has 0 bridgehead atoms. The summed E-state index contributed by atoms with van der Waals surface area (Å²) in [5, 5.41) is 6.83. The summed E-state index contributed by atoms with van der Waals surface area (Å²) in [6.07, 6.45) is 8.91. The van der Waals surface area contributed by atoms with E-state index in [4.69, 9.17) is 0 Å². The lowest BCUT2D eigenvalue weighted by Crippen LogP contribution is -2.42. The summed E-state index contributed by atoms with van der Waals surface area (Å²) in [5.41, 5.74) is 0.636. The quantitative estimate of drug-likeness (QED) is 0.863. The number of thiazole rings is 1. The third-order valence-electron chi connectivity index (χ3n) is 6.37. The van der Waals surface area contributed by atoms with Gasteiger partial charge in [-0.25, -0.2) is 4.98 Å². The molecular weight excluding hydrogens is 340 g/mol. The summed E-state index contributed by atoms with van der Waals surface area (Å²) in [5.74, 6) is 0.938. The van der Waals surface area contributed by atoms with Crippen LogP contribution in [0.1, 0.15) is 37.1 Å². The maximum absolute atomic E-state index is 4.44. The van der Waals surface area contributed by atoms with Gasteiger partial charge >= 0.3 is 0 Å². The second kappa shape index (κ2) is 8.00. The first-order chi connectivity index (χ1) is 11.3. The molecule has 1 aliphatic carbocycles. The molecule has 1 saturated carbocycles. The second-order valence-corrected chi connectivity index (χ2v) is 8.90. The van der Waals surface area contributed by atoms with Crippen molar-refractivity contribution in [3.8, 4) is 0 Å². The predicted octanol–water partition coefficient (Wildman–Crippen LogP) is 2.85. The van der Waals surface area contributed by atoms with Gasteiger partial charge in [0.05, 0.1) is 6.54 Å². The van der Waals surface area contributed by atoms with Crippen LogP contribution in [-0.4, -0.2) is 60.6 Å². The Kier molecular flexibility index (Phi) is 6.20. The zero-order valence-corrected chi connectivity index (χ0v) is 16.4. The van der Waals surface area contributed by atoms with Gasteiger partial charge in [0.2, 0.25) is 0 Å². The molecule has 3 fully saturated rings. The number of hydrogen-bond acceptors (Lipinski definition) is 5. The molecule has 3 heterocycles. The molecule has 4 rings (SSSR count). The van der Waals surface area contributed by atoms with Gasteiger partial charge in [0, 0.05) is 24.2 Å². The topological polar surface area (TPSA) is 31.4 Å². The van der Waals surface area contributed by atoms with E-state index in [0.29, 0.717) is 5.41 Å². The molecular formula is C18H31ClN4S. The molecule has 2 aliphatic heterocycles. The van der Waals surface area contributed by atoms with Crippen molar-refractivity contribution in [2.75, 3.05) is 39.8 Å². The number of piperidine rings is 2. The third kappa shape index (κ3) is 4.13. The molecule has 1 atom stereocenters. The average Bonchev–Trinajstić information content (AvgIpc) is 3.02. The van der Waals surface area contributed by atoms with Gasteiger partial charge in [0.15, 0.2) is 0 Å². The lowest BCUT2D eigenvalue weighted by Gasteiger charge is -2.37. The lowest BCUT2D eigenvalue weighted by atomic mass is 9.90. The van der Waals surface area contributed by atoms with Crippen molar-refractivity contribution < 1.29 is 0 Å². The highest BCUT2D eigenvalue weighted by Gasteiger charge is 2.56. The number of halogens is 1. The summed E-state index contributed by atoms with van der Waals surface area (Å²) in [6.45, 7) is 7.48. The average molecular weight is 371 g/mol. The Bertz CT molecular complexity index is 495. The standard InChI is InChI=1S/C18H30N4S.ClH/c1-21(14-17-20-8-11-23-17)16-12-18(16)4-9-22(10-5-18)13-15-2-6-19-7-3-15;/h8,11,15-16,19H,2-7,9-10,12-14H2,1H3;1H. The van der Waals surface area contributed by atoms with E-state index >= 15 is 0 Å². The van der Waals surface area contributed by atoms with E-state index in [1.165, 1.54) is 69.8 Å². The molecule has 0 amide bonds. The van der Waals surface area contributed by atoms with Gasteiger partial charge in [-0.15, -0.1) is 23.7 Å². The maximum atomic E-state index is 4.44. The summed E-state index contributed by atoms with van der Waals surface area (Å²) >= 11 is 1.79. The Balaban J connectivity index is 0.00000169. The van der Waals surface area contributed by atoms with Crippen molar-refractivity contribution in [1.82, 2.24) is 20.1 Å². The van der Waals surface area contributed by atoms with Crippen LogP contribution < -0.4 is 5.32 Å². The van der Waals surface area contributed by atoms with E-state index in [0.717, 1.165) is 18.5 Å². The Morgan fingerprint density at radius 2 is 2.08 bits per heavy atom. The molecule has 4 nitrogen and oxygen atoms in total. The van der Waals surface area contributed by atoms with Gasteiger partial charge in [0.25, 0.3) is 0 Å². The predicted molar refractivity (Wildman–Crippen MR) is 103 cm³/mol. The molecule has 1 aromatic rings. The van der Waals surface area contributed by atoms with E-state index in [2.05, 4.69) is 32.5 Å². The molecule has 3 aliphatic rings. The van der Waals surface area contributed by atoms with Crippen LogP contribution in [0.15, 0.2) is 11.6 Å². The smallest absolute Gasteiger partial charge is 0.107 e. The highest BCUT2D eigenvalue weighted by atomic mass is 35.5. The SMILES string of the molecule is CN(Cc1nccs1)C1CC12CCN(CC1CCNCC1)CC2.Cl. The molecule has 1 spiro atoms. The Labute approximate surface area is 156 Å². The van der Waals surface area contributed by atoms with Gasteiger partial charge in [0.1, 0.15) is 5.01 Å². The highest BCUT2D eigenvalue weighted by Crippen LogP contribution is 2.56. The van der Waals surface area contributed by atoms with Crippen molar-refractivity contribution >= 4 is 23.7 Å². The first-order valence-corrected chi connectivity index (χ1v) is 10.1. The van der Waals surface area contributed by atoms with E-state index in [1.807, 2.05) is 6.20 Å². The van der Waals surface area contributed by atoms with Crippen molar-refractivity contribution in [2.24, 2.45) is 11.3 Å². The number of rotatable bonds is 5. The molecule has 0 radical (unpaired) electrons. The molecule has 1 aromatic heterocycles. The number of likely N-dealkylation sites (tertiary alicyclic amines) is 1. The zero-order valence-electron chi connectivity index (χ0n) is 14.7. The van der Waals surface area contributed by atoms with Gasteiger partial charge in [-0.3, -0.25) is 4.90 Å². The monoisotopic (exact) mass is 370 g/mol. The molecule has 2 saturated heterocycles. The van der Waals surface area contributed by atoms with Crippen molar-refractivity contribution in [1.29, 1.82) is 0 Å². The summed E-state index contributed by atoms with van der Waals surface area (Å²) in [4.78, 5) is 9.74. The molecule has 0 aromatic carbocycles. The Morgan fingerprint density at radius 3 is 2.75 bits per heavy atom. The van der Waals surface area contributed by atoms with Crippen LogP contribution in [0.3, 0.4) is 0 Å².